The molecule has 134 valence electrons. The Labute approximate surface area is 161 Å². The van der Waals surface area contributed by atoms with Crippen LogP contribution in [-0.4, -0.2) is 16.6 Å². The van der Waals surface area contributed by atoms with E-state index in [2.05, 4.69) is 10.3 Å². The minimum absolute atomic E-state index is 0.0102. The third kappa shape index (κ3) is 4.11. The van der Waals surface area contributed by atoms with Crippen LogP contribution < -0.4 is 10.7 Å². The molecule has 3 rings (SSSR count). The molecule has 0 aliphatic heterocycles. The van der Waals surface area contributed by atoms with Gasteiger partial charge in [-0.05, 0) is 37.1 Å². The highest BCUT2D eigenvalue weighted by Gasteiger charge is 2.09. The van der Waals surface area contributed by atoms with E-state index in [9.17, 15) is 9.59 Å². The number of nitrogens with one attached hydrogen (secondary N) is 2. The van der Waals surface area contributed by atoms with Gasteiger partial charge in [0, 0.05) is 22.9 Å². The number of aromatic amines is 1. The highest BCUT2D eigenvalue weighted by atomic mass is 35.5. The molecule has 0 fully saturated rings. The number of amides is 1. The number of benzene rings is 2. The molecule has 3 aromatic rings. The number of aromatic nitrogens is 1. The molecule has 4 nitrogen and oxygen atoms in total. The monoisotopic (exact) mass is 386 g/mol. The maximum absolute atomic E-state index is 12.4. The summed E-state index contributed by atoms with van der Waals surface area (Å²) in [5.41, 5.74) is 4.29. The molecule has 0 aliphatic carbocycles. The van der Waals surface area contributed by atoms with Crippen LogP contribution in [0.5, 0.6) is 0 Å². The third-order valence-electron chi connectivity index (χ3n) is 4.10. The molecule has 26 heavy (non-hydrogen) atoms. The Morgan fingerprint density at radius 3 is 2.65 bits per heavy atom. The second-order valence-electron chi connectivity index (χ2n) is 6.13. The fraction of sp³-hybridized carbons (Fsp3) is 0.200. The van der Waals surface area contributed by atoms with Gasteiger partial charge in [-0.1, -0.05) is 35.9 Å². The number of hydrogen-bond donors (Lipinski definition) is 2. The lowest BCUT2D eigenvalue weighted by Gasteiger charge is -2.09. The minimum Gasteiger partial charge on any atom is -0.357 e. The largest absolute Gasteiger partial charge is 0.357 e. The van der Waals surface area contributed by atoms with Crippen molar-refractivity contribution in [3.8, 4) is 0 Å². The van der Waals surface area contributed by atoms with Crippen LogP contribution in [0.2, 0.25) is 5.02 Å². The zero-order valence-corrected chi connectivity index (χ0v) is 16.1. The Bertz CT molecular complexity index is 1030. The van der Waals surface area contributed by atoms with E-state index in [0.717, 1.165) is 27.7 Å². The zero-order valence-electron chi connectivity index (χ0n) is 14.6. The first-order chi connectivity index (χ1) is 12.5. The predicted molar refractivity (Wildman–Crippen MR) is 110 cm³/mol. The Kier molecular flexibility index (Phi) is 5.69. The molecule has 1 heterocycles. The fourth-order valence-electron chi connectivity index (χ4n) is 2.80. The first-order valence-electron chi connectivity index (χ1n) is 8.20. The summed E-state index contributed by atoms with van der Waals surface area (Å²) in [6.07, 6.45) is 0. The van der Waals surface area contributed by atoms with Gasteiger partial charge in [0.05, 0.1) is 22.0 Å². The third-order valence-corrected chi connectivity index (χ3v) is 5.41. The van der Waals surface area contributed by atoms with Gasteiger partial charge in [0.25, 0.3) is 0 Å². The average molecular weight is 387 g/mol. The molecule has 0 atom stereocenters. The van der Waals surface area contributed by atoms with Gasteiger partial charge in [0.1, 0.15) is 0 Å². The molecule has 0 saturated heterocycles. The van der Waals surface area contributed by atoms with Crippen LogP contribution in [0, 0.1) is 13.8 Å². The highest BCUT2D eigenvalue weighted by molar-refractivity contribution is 7.99. The topological polar surface area (TPSA) is 62.0 Å². The van der Waals surface area contributed by atoms with Crippen molar-refractivity contribution >= 4 is 45.9 Å². The minimum atomic E-state index is -0.127. The van der Waals surface area contributed by atoms with Crippen molar-refractivity contribution < 1.29 is 4.79 Å². The lowest BCUT2D eigenvalue weighted by atomic mass is 10.0. The number of carbonyl (C=O) groups is 1. The van der Waals surface area contributed by atoms with Crippen molar-refractivity contribution in [2.24, 2.45) is 0 Å². The summed E-state index contributed by atoms with van der Waals surface area (Å²) in [6, 6.07) is 12.7. The molecule has 0 spiro atoms. The van der Waals surface area contributed by atoms with Crippen LogP contribution in [0.4, 0.5) is 5.69 Å². The van der Waals surface area contributed by atoms with E-state index >= 15 is 0 Å². The molecule has 2 aromatic carbocycles. The number of pyridine rings is 1. The van der Waals surface area contributed by atoms with Gasteiger partial charge in [-0.25, -0.2) is 0 Å². The molecule has 0 aliphatic rings. The smallest absolute Gasteiger partial charge is 0.234 e. The van der Waals surface area contributed by atoms with E-state index in [4.69, 9.17) is 11.6 Å². The van der Waals surface area contributed by atoms with E-state index in [1.54, 1.807) is 18.2 Å². The summed E-state index contributed by atoms with van der Waals surface area (Å²) in [5.74, 6) is 0.699. The van der Waals surface area contributed by atoms with Gasteiger partial charge in [-0.2, -0.15) is 0 Å². The summed E-state index contributed by atoms with van der Waals surface area (Å²) >= 11 is 7.48. The molecule has 2 N–H and O–H groups in total. The van der Waals surface area contributed by atoms with E-state index in [1.165, 1.54) is 11.8 Å². The van der Waals surface area contributed by atoms with Gasteiger partial charge in [0.2, 0.25) is 5.91 Å². The number of aryl methyl sites for hydroxylation is 2. The molecule has 0 bridgehead atoms. The van der Waals surface area contributed by atoms with Crippen molar-refractivity contribution in [3.05, 3.63) is 74.5 Å². The second kappa shape index (κ2) is 7.98. The molecule has 1 aromatic heterocycles. The highest BCUT2D eigenvalue weighted by Crippen LogP contribution is 2.22. The van der Waals surface area contributed by atoms with Gasteiger partial charge in [-0.15, -0.1) is 11.8 Å². The Balaban J connectivity index is 1.67. The molecule has 0 radical (unpaired) electrons. The molecule has 0 unspecified atom stereocenters. The van der Waals surface area contributed by atoms with Crippen LogP contribution in [0.25, 0.3) is 10.9 Å². The van der Waals surface area contributed by atoms with E-state index in [1.807, 2.05) is 38.1 Å². The van der Waals surface area contributed by atoms with Crippen molar-refractivity contribution in [2.45, 2.75) is 19.6 Å². The molecule has 0 saturated carbocycles. The van der Waals surface area contributed by atoms with E-state index in [-0.39, 0.29) is 17.1 Å². The second-order valence-corrected chi connectivity index (χ2v) is 7.52. The first-order valence-corrected chi connectivity index (χ1v) is 9.73. The number of H-pyrrole nitrogens is 1. The molecule has 6 heteroatoms. The normalized spacial score (nSPS) is 10.9. The first kappa shape index (κ1) is 18.5. The van der Waals surface area contributed by atoms with Crippen LogP contribution in [-0.2, 0) is 10.5 Å². The van der Waals surface area contributed by atoms with Crippen molar-refractivity contribution in [1.82, 2.24) is 4.98 Å². The number of para-hydroxylation sites is 1. The number of anilines is 1. The lowest BCUT2D eigenvalue weighted by Crippen LogP contribution is -2.14. The van der Waals surface area contributed by atoms with Crippen molar-refractivity contribution in [2.75, 3.05) is 11.1 Å². The molecular formula is C20H19ClN2O2S. The standard InChI is InChI=1S/C20H19ClN2O2S/c1-12-7-8-13(2)20-19(12)17(24)9-14(22-20)10-26-11-18(25)23-16-6-4-3-5-15(16)21/h3-9H,10-11H2,1-2H3,(H,22,24)(H,23,25). The summed E-state index contributed by atoms with van der Waals surface area (Å²) < 4.78 is 0. The van der Waals surface area contributed by atoms with Crippen LogP contribution in [0.3, 0.4) is 0 Å². The summed E-state index contributed by atoms with van der Waals surface area (Å²) in [7, 11) is 0. The number of hydrogen-bond acceptors (Lipinski definition) is 3. The summed E-state index contributed by atoms with van der Waals surface area (Å²) in [5, 5.41) is 4.03. The SMILES string of the molecule is Cc1ccc(C)c2c(=O)cc(CSCC(=O)Nc3ccccc3Cl)[nH]c12. The quantitative estimate of drug-likeness (QED) is 0.669. The van der Waals surface area contributed by atoms with E-state index in [0.29, 0.717) is 16.5 Å². The van der Waals surface area contributed by atoms with Gasteiger partial charge in [-0.3, -0.25) is 9.59 Å². The molecular weight excluding hydrogens is 368 g/mol. The predicted octanol–water partition coefficient (Wildman–Crippen LogP) is 4.67. The van der Waals surface area contributed by atoms with E-state index < -0.39 is 0 Å². The van der Waals surface area contributed by atoms with Crippen molar-refractivity contribution in [3.63, 3.8) is 0 Å². The summed E-state index contributed by atoms with van der Waals surface area (Å²) in [6.45, 7) is 3.91. The Morgan fingerprint density at radius 2 is 1.88 bits per heavy atom. The maximum Gasteiger partial charge on any atom is 0.234 e. The Morgan fingerprint density at radius 1 is 1.15 bits per heavy atom. The zero-order chi connectivity index (χ0) is 18.7. The number of rotatable bonds is 5. The van der Waals surface area contributed by atoms with Crippen molar-refractivity contribution in [1.29, 1.82) is 0 Å². The number of thioether (sulfide) groups is 1. The number of fused-ring (bicyclic) bond motifs is 1. The maximum atomic E-state index is 12.4. The summed E-state index contributed by atoms with van der Waals surface area (Å²) in [4.78, 5) is 27.8. The van der Waals surface area contributed by atoms with Crippen LogP contribution in [0.1, 0.15) is 16.8 Å². The van der Waals surface area contributed by atoms with Gasteiger partial charge >= 0.3 is 0 Å². The lowest BCUT2D eigenvalue weighted by molar-refractivity contribution is -0.113. The van der Waals surface area contributed by atoms with Crippen LogP contribution in [0.15, 0.2) is 47.3 Å². The van der Waals surface area contributed by atoms with Gasteiger partial charge in [0.15, 0.2) is 5.43 Å². The fourth-order valence-corrected chi connectivity index (χ4v) is 3.71. The number of carbonyl (C=O) groups excluding carboxylic acids is 1. The molecule has 1 amide bonds. The Hall–Kier alpha value is -2.24. The van der Waals surface area contributed by atoms with Crippen LogP contribution >= 0.6 is 23.4 Å². The van der Waals surface area contributed by atoms with Gasteiger partial charge < -0.3 is 10.3 Å². The average Bonchev–Trinajstić information content (AvgIpc) is 2.60. The number of halogens is 1.